The standard InChI is InChI=1S/C18H20N4O4/c1-10-4-5-22-17(26-10)15(18(23)24)16(20-22)11-2-3-14(19-7-11)21-8-13-6-12(21)9-25-13/h2-3,7,10,12-13H,4-6,8-9H2,1H3,(H,23,24)/t10-,12-,13-/m1/s1. The Labute approximate surface area is 150 Å². The fourth-order valence-corrected chi connectivity index (χ4v) is 4.04. The topological polar surface area (TPSA) is 89.7 Å². The number of carboxylic acids is 1. The smallest absolute Gasteiger partial charge is 0.343 e. The van der Waals surface area contributed by atoms with Crippen LogP contribution in [0.3, 0.4) is 0 Å². The fourth-order valence-electron chi connectivity index (χ4n) is 4.04. The summed E-state index contributed by atoms with van der Waals surface area (Å²) < 4.78 is 13.0. The van der Waals surface area contributed by atoms with Gasteiger partial charge in [0.05, 0.1) is 24.9 Å². The Kier molecular flexibility index (Phi) is 3.43. The molecule has 3 aliphatic rings. The van der Waals surface area contributed by atoms with E-state index in [2.05, 4.69) is 15.0 Å². The number of hydrogen-bond donors (Lipinski definition) is 1. The lowest BCUT2D eigenvalue weighted by Crippen LogP contribution is -2.37. The maximum Gasteiger partial charge on any atom is 0.343 e. The highest BCUT2D eigenvalue weighted by atomic mass is 16.5. The first-order valence-electron chi connectivity index (χ1n) is 8.95. The van der Waals surface area contributed by atoms with Crippen molar-refractivity contribution in [1.29, 1.82) is 0 Å². The number of anilines is 1. The lowest BCUT2D eigenvalue weighted by molar-refractivity contribution is 0.0684. The van der Waals surface area contributed by atoms with Gasteiger partial charge in [0, 0.05) is 31.3 Å². The molecule has 0 spiro atoms. The Morgan fingerprint density at radius 3 is 2.92 bits per heavy atom. The molecule has 5 heterocycles. The van der Waals surface area contributed by atoms with Crippen LogP contribution in [-0.4, -0.2) is 57.2 Å². The molecule has 0 amide bonds. The van der Waals surface area contributed by atoms with Crippen molar-refractivity contribution in [3.05, 3.63) is 23.9 Å². The van der Waals surface area contributed by atoms with E-state index in [0.29, 0.717) is 35.8 Å². The van der Waals surface area contributed by atoms with Crippen molar-refractivity contribution in [1.82, 2.24) is 14.8 Å². The summed E-state index contributed by atoms with van der Waals surface area (Å²) in [4.78, 5) is 18.6. The first-order valence-corrected chi connectivity index (χ1v) is 8.95. The van der Waals surface area contributed by atoms with Crippen molar-refractivity contribution < 1.29 is 19.4 Å². The third kappa shape index (κ3) is 2.36. The molecule has 2 saturated heterocycles. The van der Waals surface area contributed by atoms with Gasteiger partial charge in [-0.1, -0.05) is 0 Å². The summed E-state index contributed by atoms with van der Waals surface area (Å²) in [6.45, 7) is 4.20. The fraction of sp³-hybridized carbons (Fsp3) is 0.500. The molecule has 1 N–H and O–H groups in total. The molecular formula is C18H20N4O4. The summed E-state index contributed by atoms with van der Waals surface area (Å²) in [5.41, 5.74) is 1.21. The largest absolute Gasteiger partial charge is 0.477 e. The molecule has 136 valence electrons. The molecule has 26 heavy (non-hydrogen) atoms. The van der Waals surface area contributed by atoms with Gasteiger partial charge < -0.3 is 19.5 Å². The second-order valence-electron chi connectivity index (χ2n) is 7.18. The van der Waals surface area contributed by atoms with E-state index in [1.165, 1.54) is 0 Å². The van der Waals surface area contributed by atoms with E-state index in [1.807, 2.05) is 19.1 Å². The molecular weight excluding hydrogens is 336 g/mol. The summed E-state index contributed by atoms with van der Waals surface area (Å²) in [6, 6.07) is 4.21. The maximum absolute atomic E-state index is 11.8. The van der Waals surface area contributed by atoms with Gasteiger partial charge in [0.2, 0.25) is 5.88 Å². The van der Waals surface area contributed by atoms with E-state index in [0.717, 1.165) is 31.8 Å². The quantitative estimate of drug-likeness (QED) is 0.897. The van der Waals surface area contributed by atoms with Gasteiger partial charge in [-0.3, -0.25) is 0 Å². The van der Waals surface area contributed by atoms with Gasteiger partial charge in [0.25, 0.3) is 0 Å². The number of aromatic carboxylic acids is 1. The van der Waals surface area contributed by atoms with E-state index < -0.39 is 5.97 Å². The van der Waals surface area contributed by atoms with E-state index in [4.69, 9.17) is 9.47 Å². The molecule has 2 bridgehead atoms. The van der Waals surface area contributed by atoms with Gasteiger partial charge in [0.15, 0.2) is 0 Å². The predicted molar refractivity (Wildman–Crippen MR) is 92.6 cm³/mol. The van der Waals surface area contributed by atoms with E-state index in [-0.39, 0.29) is 11.7 Å². The molecule has 0 unspecified atom stereocenters. The lowest BCUT2D eigenvalue weighted by atomic mass is 10.1. The van der Waals surface area contributed by atoms with Crippen LogP contribution in [0.15, 0.2) is 18.3 Å². The average molecular weight is 356 g/mol. The second-order valence-corrected chi connectivity index (χ2v) is 7.18. The van der Waals surface area contributed by atoms with Crippen LogP contribution in [0.4, 0.5) is 5.82 Å². The van der Waals surface area contributed by atoms with Crippen LogP contribution in [0, 0.1) is 0 Å². The second kappa shape index (κ2) is 5.70. The van der Waals surface area contributed by atoms with Crippen molar-refractivity contribution in [3.63, 3.8) is 0 Å². The summed E-state index contributed by atoms with van der Waals surface area (Å²) in [6.07, 6.45) is 3.85. The minimum Gasteiger partial charge on any atom is -0.477 e. The molecule has 0 saturated carbocycles. The zero-order chi connectivity index (χ0) is 17.8. The molecule has 3 aliphatic heterocycles. The highest BCUT2D eigenvalue weighted by Gasteiger charge is 2.39. The average Bonchev–Trinajstić information content (AvgIpc) is 3.35. The zero-order valence-electron chi connectivity index (χ0n) is 14.5. The summed E-state index contributed by atoms with van der Waals surface area (Å²) in [5.74, 6) is 0.202. The van der Waals surface area contributed by atoms with E-state index in [9.17, 15) is 9.90 Å². The van der Waals surface area contributed by atoms with Gasteiger partial charge in [-0.15, -0.1) is 0 Å². The van der Waals surface area contributed by atoms with Crippen LogP contribution in [-0.2, 0) is 11.3 Å². The van der Waals surface area contributed by atoms with Crippen molar-refractivity contribution in [3.8, 4) is 17.1 Å². The molecule has 2 fully saturated rings. The summed E-state index contributed by atoms with van der Waals surface area (Å²) in [7, 11) is 0. The Morgan fingerprint density at radius 2 is 2.27 bits per heavy atom. The van der Waals surface area contributed by atoms with E-state index >= 15 is 0 Å². The Balaban J connectivity index is 1.49. The zero-order valence-corrected chi connectivity index (χ0v) is 14.5. The first kappa shape index (κ1) is 15.6. The molecule has 2 aromatic rings. The van der Waals surface area contributed by atoms with Crippen molar-refractivity contribution in [2.45, 2.75) is 44.6 Å². The van der Waals surface area contributed by atoms with Crippen LogP contribution in [0.25, 0.3) is 11.3 Å². The predicted octanol–water partition coefficient (Wildman–Crippen LogP) is 1.79. The summed E-state index contributed by atoms with van der Waals surface area (Å²) >= 11 is 0. The Hall–Kier alpha value is -2.61. The van der Waals surface area contributed by atoms with Gasteiger partial charge >= 0.3 is 5.97 Å². The number of rotatable bonds is 3. The lowest BCUT2D eigenvalue weighted by Gasteiger charge is -2.27. The number of morpholine rings is 1. The van der Waals surface area contributed by atoms with Crippen LogP contribution in [0.1, 0.15) is 30.1 Å². The van der Waals surface area contributed by atoms with Crippen molar-refractivity contribution in [2.75, 3.05) is 18.1 Å². The number of ether oxygens (including phenoxy) is 2. The van der Waals surface area contributed by atoms with E-state index in [1.54, 1.807) is 10.9 Å². The van der Waals surface area contributed by atoms with Crippen LogP contribution < -0.4 is 9.64 Å². The molecule has 8 nitrogen and oxygen atoms in total. The molecule has 5 rings (SSSR count). The number of carbonyl (C=O) groups is 1. The maximum atomic E-state index is 11.8. The van der Waals surface area contributed by atoms with Gasteiger partial charge in [0.1, 0.15) is 17.1 Å². The number of pyridine rings is 1. The van der Waals surface area contributed by atoms with Gasteiger partial charge in [-0.25, -0.2) is 14.5 Å². The number of carboxylic acid groups (broad SMARTS) is 1. The molecule has 0 aromatic carbocycles. The first-order chi connectivity index (χ1) is 12.6. The Morgan fingerprint density at radius 1 is 1.38 bits per heavy atom. The SMILES string of the molecule is C[C@@H]1CCn2nc(-c3ccc(N4C[C@H]5C[C@@H]4CO5)nc3)c(C(=O)O)c2O1. The highest BCUT2D eigenvalue weighted by Crippen LogP contribution is 2.35. The van der Waals surface area contributed by atoms with Crippen LogP contribution in [0.5, 0.6) is 5.88 Å². The third-order valence-electron chi connectivity index (χ3n) is 5.40. The minimum absolute atomic E-state index is 0.0153. The normalized spacial score (nSPS) is 26.7. The number of aromatic nitrogens is 3. The molecule has 3 atom stereocenters. The molecule has 2 aromatic heterocycles. The molecule has 0 radical (unpaired) electrons. The monoisotopic (exact) mass is 356 g/mol. The number of nitrogens with zero attached hydrogens (tertiary/aromatic N) is 4. The minimum atomic E-state index is -1.03. The Bertz CT molecular complexity index is 863. The molecule has 0 aliphatic carbocycles. The van der Waals surface area contributed by atoms with Crippen molar-refractivity contribution in [2.24, 2.45) is 0 Å². The third-order valence-corrected chi connectivity index (χ3v) is 5.40. The highest BCUT2D eigenvalue weighted by molar-refractivity contribution is 5.97. The van der Waals surface area contributed by atoms with Gasteiger partial charge in [-0.05, 0) is 25.5 Å². The van der Waals surface area contributed by atoms with Crippen molar-refractivity contribution >= 4 is 11.8 Å². The number of hydrogen-bond acceptors (Lipinski definition) is 6. The van der Waals surface area contributed by atoms with Crippen LogP contribution in [0.2, 0.25) is 0 Å². The van der Waals surface area contributed by atoms with Crippen LogP contribution >= 0.6 is 0 Å². The van der Waals surface area contributed by atoms with Gasteiger partial charge in [-0.2, -0.15) is 5.10 Å². The number of fused-ring (bicyclic) bond motifs is 3. The summed E-state index contributed by atoms with van der Waals surface area (Å²) in [5, 5.41) is 14.2. The number of aryl methyl sites for hydroxylation is 1. The molecule has 8 heteroatoms.